The molecule has 0 aromatic carbocycles. The van der Waals surface area contributed by atoms with E-state index in [4.69, 9.17) is 4.74 Å². The van der Waals surface area contributed by atoms with E-state index in [9.17, 15) is 28.0 Å². The van der Waals surface area contributed by atoms with E-state index < -0.39 is 198 Å². The molecule has 5 saturated carbocycles. The van der Waals surface area contributed by atoms with Crippen LogP contribution in [-0.4, -0.2) is 276 Å². The minimum Gasteiger partial charge on any atom is -0.377 e. The van der Waals surface area contributed by atoms with Crippen LogP contribution in [-0.2, 0) is 62.3 Å². The summed E-state index contributed by atoms with van der Waals surface area (Å²) in [5.41, 5.74) is -2.16. The van der Waals surface area contributed by atoms with Gasteiger partial charge in [0, 0.05) is 81.5 Å². The third-order valence-corrected chi connectivity index (χ3v) is 25.1. The van der Waals surface area contributed by atoms with Crippen molar-refractivity contribution >= 4 is 70.9 Å². The van der Waals surface area contributed by atoms with Crippen LogP contribution < -0.4 is 16.0 Å². The van der Waals surface area contributed by atoms with Crippen LogP contribution in [0.15, 0.2) is 12.2 Å². The van der Waals surface area contributed by atoms with Gasteiger partial charge in [-0.15, -0.1) is 0 Å². The first-order chi connectivity index (χ1) is 50.5. The van der Waals surface area contributed by atoms with Gasteiger partial charge in [-0.1, -0.05) is 112 Å². The van der Waals surface area contributed by atoms with Gasteiger partial charge in [0.05, 0.1) is 25.0 Å². The molecule has 0 aromatic rings. The fraction of sp³-hybridized carbons (Fsp3) is 0.823. The smallest absolute Gasteiger partial charge is 0.248 e. The highest BCUT2D eigenvalue weighted by Gasteiger charge is 2.59. The lowest BCUT2D eigenvalue weighted by Crippen LogP contribution is -2.71. The Labute approximate surface area is 633 Å². The molecule has 1 spiro atoms. The van der Waals surface area contributed by atoms with Gasteiger partial charge < -0.3 is 64.8 Å². The lowest BCUT2D eigenvalue weighted by atomic mass is 9.58. The van der Waals surface area contributed by atoms with E-state index in [2.05, 4.69) is 22.9 Å². The van der Waals surface area contributed by atoms with Crippen molar-refractivity contribution in [3.63, 3.8) is 0 Å². The number of alkyl halides is 3. The molecule has 2 saturated heterocycles. The minimum atomic E-state index is -2.89. The number of nitrogens with zero attached hydrogens (tertiary/aromatic N) is 9. The van der Waals surface area contributed by atoms with Crippen molar-refractivity contribution in [2.45, 2.75) is 288 Å². The minimum absolute atomic E-state index is 0.00128. The number of hydrogen-bond donors (Lipinski definition) is 3. The van der Waals surface area contributed by atoms with Gasteiger partial charge in [0.2, 0.25) is 77.3 Å². The molecular weight excluding hydrogens is 1380 g/mol. The molecule has 2 bridgehead atoms. The number of likely N-dealkylation sites (N-methyl/N-ethyl adjacent to an activating group) is 6. The van der Waals surface area contributed by atoms with E-state index in [1.54, 1.807) is 13.8 Å². The van der Waals surface area contributed by atoms with Crippen LogP contribution >= 0.6 is 0 Å². The molecule has 3 heterocycles. The summed E-state index contributed by atoms with van der Waals surface area (Å²) in [6, 6.07) is -10.4. The van der Waals surface area contributed by atoms with Gasteiger partial charge in [-0.3, -0.25) is 57.5 Å². The highest BCUT2D eigenvalue weighted by atomic mass is 19.3. The van der Waals surface area contributed by atoms with Gasteiger partial charge in [0.1, 0.15) is 66.6 Å². The number of halogens is 3. The fourth-order valence-corrected chi connectivity index (χ4v) is 18.6. The van der Waals surface area contributed by atoms with E-state index in [1.165, 1.54) is 93.4 Å². The summed E-state index contributed by atoms with van der Waals surface area (Å²) in [5.74, 6) is -10.7. The van der Waals surface area contributed by atoms with Crippen LogP contribution in [0.25, 0.3) is 0 Å². The normalized spacial score (nSPS) is 33.0. The quantitative estimate of drug-likeness (QED) is 0.144. The summed E-state index contributed by atoms with van der Waals surface area (Å²) in [7, 11) is 10.3. The molecule has 28 heteroatoms. The molecule has 0 radical (unpaired) electrons. The molecule has 14 atom stereocenters. The average Bonchev–Trinajstić information content (AvgIpc) is 1.15. The van der Waals surface area contributed by atoms with Crippen LogP contribution in [0, 0.1) is 46.8 Å². The molecule has 3 aliphatic heterocycles. The molecule has 0 aromatic heterocycles. The Hall–Kier alpha value is -6.87. The maximum absolute atomic E-state index is 15.8. The third kappa shape index (κ3) is 20.6. The molecule has 4 unspecified atom stereocenters. The molecule has 8 rings (SSSR count). The average molecular weight is 1510 g/mol. The van der Waals surface area contributed by atoms with E-state index in [0.29, 0.717) is 50.9 Å². The van der Waals surface area contributed by atoms with Gasteiger partial charge in [0.15, 0.2) is 0 Å². The summed E-state index contributed by atoms with van der Waals surface area (Å²) >= 11 is 0. The Balaban J connectivity index is 1.21. The molecular formula is C79H127F3N12O13. The van der Waals surface area contributed by atoms with Crippen LogP contribution in [0.3, 0.4) is 0 Å². The summed E-state index contributed by atoms with van der Waals surface area (Å²) in [6.45, 7) is 14.0. The summed E-state index contributed by atoms with van der Waals surface area (Å²) in [6.07, 6.45) is 6.49. The van der Waals surface area contributed by atoms with E-state index in [-0.39, 0.29) is 95.9 Å². The molecule has 3 N–H and O–H groups in total. The largest absolute Gasteiger partial charge is 0.377 e. The second-order valence-electron chi connectivity index (χ2n) is 34.2. The first-order valence-corrected chi connectivity index (χ1v) is 40.0. The van der Waals surface area contributed by atoms with Crippen LogP contribution in [0.5, 0.6) is 0 Å². The number of amides is 12. The first-order valence-electron chi connectivity index (χ1n) is 40.0. The number of hydrogen-bond acceptors (Lipinski definition) is 13. The Morgan fingerprint density at radius 3 is 1.93 bits per heavy atom. The molecule has 7 fully saturated rings. The standard InChI is InChI=1S/C79H127F3N12O13/c1-16-24-57-69(98)84-66(48(5)17-2)75(104)93(53-33-34-53)44-64(97)89(13)58-27-20-19-23-36-92(74(58)103)61(39-50-30-28-47(4)29-31-50)73(102)87(11)43-62(95)83-56(35-32-51-37-49(6)65(68(81)82)55(80)38-51)71(100)94-42-54(107-18-3)40-59(94)70(99)85-79(45-78(7,8)46-79)77(106)91(15)67(52-25-21-22-26-52)76(105)90(14)60(72(101)86(9)10)41-63(96)88(57)12/h19-20,47-61,65-68H,16-18,21-46H2,1-15H3,(H,83,95)(H,84,98)(H,85,99)/b20-19-/t47?,48-,49?,50?,51?,54+,55?,56-,57-,58-,59-,60-,61-,65?,66-,67-/m0/s1. The number of ether oxygens (including phenoxy) is 1. The second kappa shape index (κ2) is 37.2. The second-order valence-corrected chi connectivity index (χ2v) is 34.2. The van der Waals surface area contributed by atoms with Crippen molar-refractivity contribution in [3.8, 4) is 0 Å². The molecule has 107 heavy (non-hydrogen) atoms. The Morgan fingerprint density at radius 2 is 1.34 bits per heavy atom. The SMILES string of the molecule is CCC[C@H]1C(=O)N[C@@H]([C@@H](C)CC)C(=O)N(C2CC2)CC(=O)N(C)[C@H]2C/C=C\CCN(C2=O)[C@@H](CC2CCC(C)CC2)C(=O)N(C)CC(=O)N[C@@H](CCC2CC(C)C(C(F)F)C(F)C2)C(=O)N2C[C@H](OCC)C[C@H]2C(=O)NC2(CC(C)(C)C2)C(=O)N(C)[C@@H](C2CCCC2)C(=O)N(C)[C@H](C(=O)N(C)C)CC(=O)N1C. The number of carbonyl (C=O) groups is 12. The monoisotopic (exact) mass is 1510 g/mol. The fourth-order valence-electron chi connectivity index (χ4n) is 18.6. The lowest BCUT2D eigenvalue weighted by Gasteiger charge is -2.54. The molecule has 5 aliphatic carbocycles. The Kier molecular flexibility index (Phi) is 29.8. The first kappa shape index (κ1) is 85.7. The third-order valence-electron chi connectivity index (χ3n) is 25.1. The topological polar surface area (TPSA) is 279 Å². The number of rotatable bonds is 15. The van der Waals surface area contributed by atoms with Crippen molar-refractivity contribution in [2.24, 2.45) is 46.8 Å². The highest BCUT2D eigenvalue weighted by Crippen LogP contribution is 2.50. The van der Waals surface area contributed by atoms with Gasteiger partial charge in [0.25, 0.3) is 0 Å². The van der Waals surface area contributed by atoms with E-state index in [1.807, 2.05) is 46.8 Å². The summed E-state index contributed by atoms with van der Waals surface area (Å²) < 4.78 is 50.4. The van der Waals surface area contributed by atoms with Gasteiger partial charge in [-0.2, -0.15) is 0 Å². The van der Waals surface area contributed by atoms with Crippen LogP contribution in [0.1, 0.15) is 209 Å². The Morgan fingerprint density at radius 1 is 0.673 bits per heavy atom. The Bertz CT molecular complexity index is 3190. The van der Waals surface area contributed by atoms with Crippen molar-refractivity contribution in [2.75, 3.05) is 82.1 Å². The highest BCUT2D eigenvalue weighted by molar-refractivity contribution is 6.01. The van der Waals surface area contributed by atoms with E-state index in [0.717, 1.165) is 38.5 Å². The van der Waals surface area contributed by atoms with Gasteiger partial charge in [-0.25, -0.2) is 13.2 Å². The molecule has 25 nitrogen and oxygen atoms in total. The lowest BCUT2D eigenvalue weighted by molar-refractivity contribution is -0.161. The zero-order valence-corrected chi connectivity index (χ0v) is 66.6. The maximum atomic E-state index is 15.8. The van der Waals surface area contributed by atoms with Crippen molar-refractivity contribution in [1.82, 2.24) is 60.0 Å². The molecule has 12 amide bonds. The molecule has 8 aliphatic rings. The van der Waals surface area contributed by atoms with Crippen molar-refractivity contribution in [1.29, 1.82) is 0 Å². The zero-order valence-electron chi connectivity index (χ0n) is 66.6. The summed E-state index contributed by atoms with van der Waals surface area (Å²) in [5, 5.41) is 8.97. The van der Waals surface area contributed by atoms with Crippen LogP contribution in [0.4, 0.5) is 13.2 Å². The van der Waals surface area contributed by atoms with Gasteiger partial charge >= 0.3 is 0 Å². The van der Waals surface area contributed by atoms with Gasteiger partial charge in [-0.05, 0) is 138 Å². The van der Waals surface area contributed by atoms with E-state index >= 15 is 42.7 Å². The van der Waals surface area contributed by atoms with Crippen molar-refractivity contribution < 1.29 is 75.4 Å². The number of nitrogens with one attached hydrogen (secondary N) is 3. The van der Waals surface area contributed by atoms with Crippen LogP contribution in [0.2, 0.25) is 0 Å². The zero-order chi connectivity index (χ0) is 78.8. The number of fused-ring (bicyclic) bond motifs is 3. The summed E-state index contributed by atoms with van der Waals surface area (Å²) in [4.78, 5) is 195. The maximum Gasteiger partial charge on any atom is 0.248 e. The number of carbonyl (C=O) groups excluding carboxylic acids is 12. The predicted octanol–water partition coefficient (Wildman–Crippen LogP) is 6.73. The predicted molar refractivity (Wildman–Crippen MR) is 397 cm³/mol. The molecule has 602 valence electrons. The van der Waals surface area contributed by atoms with Crippen molar-refractivity contribution in [3.05, 3.63) is 12.2 Å².